The van der Waals surface area contributed by atoms with Crippen LogP contribution in [0.5, 0.6) is 0 Å². The summed E-state index contributed by atoms with van der Waals surface area (Å²) in [5, 5.41) is 3.27. The fourth-order valence-electron chi connectivity index (χ4n) is 1.76. The molecule has 1 unspecified atom stereocenters. The molecule has 0 saturated carbocycles. The molecule has 1 rings (SSSR count). The highest BCUT2D eigenvalue weighted by Crippen LogP contribution is 2.10. The summed E-state index contributed by atoms with van der Waals surface area (Å²) < 4.78 is 27.8. The van der Waals surface area contributed by atoms with E-state index in [1.807, 2.05) is 0 Å². The molecule has 1 heterocycles. The molecule has 1 N–H and O–H groups in total. The van der Waals surface area contributed by atoms with Crippen molar-refractivity contribution >= 4 is 9.84 Å². The minimum Gasteiger partial charge on any atom is -0.381 e. The predicted molar refractivity (Wildman–Crippen MR) is 65.3 cm³/mol. The number of nitrogens with one attached hydrogen (secondary N) is 1. The van der Waals surface area contributed by atoms with Crippen molar-refractivity contribution in [2.75, 3.05) is 31.3 Å². The van der Waals surface area contributed by atoms with Gasteiger partial charge >= 0.3 is 0 Å². The highest BCUT2D eigenvalue weighted by molar-refractivity contribution is 7.91. The minimum absolute atomic E-state index is 0.162. The Morgan fingerprint density at radius 1 is 1.44 bits per heavy atom. The molecule has 16 heavy (non-hydrogen) atoms. The van der Waals surface area contributed by atoms with Gasteiger partial charge in [0.15, 0.2) is 9.84 Å². The van der Waals surface area contributed by atoms with Gasteiger partial charge in [0.1, 0.15) is 0 Å². The lowest BCUT2D eigenvalue weighted by molar-refractivity contribution is 0.107. The maximum atomic E-state index is 11.2. The van der Waals surface area contributed by atoms with Gasteiger partial charge in [-0.3, -0.25) is 0 Å². The summed E-state index contributed by atoms with van der Waals surface area (Å²) in [6.45, 7) is 6.66. The fraction of sp³-hybridized carbons (Fsp3) is 1.00. The van der Waals surface area contributed by atoms with E-state index in [9.17, 15) is 8.42 Å². The first-order valence-corrected chi connectivity index (χ1v) is 7.83. The maximum Gasteiger partial charge on any atom is 0.151 e. The Hall–Kier alpha value is -0.130. The van der Waals surface area contributed by atoms with Gasteiger partial charge in [-0.05, 0) is 25.3 Å². The monoisotopic (exact) mass is 249 g/mol. The number of sulfone groups is 1. The number of hydrogen-bond donors (Lipinski definition) is 1. The van der Waals surface area contributed by atoms with Gasteiger partial charge in [-0.15, -0.1) is 0 Å². The molecular weight excluding hydrogens is 226 g/mol. The molecule has 1 aliphatic heterocycles. The SMILES string of the molecule is CC(C)COCCCNC1CCS(=O)(=O)C1. The van der Waals surface area contributed by atoms with Crippen molar-refractivity contribution in [3.05, 3.63) is 0 Å². The zero-order chi connectivity index (χ0) is 12.0. The van der Waals surface area contributed by atoms with Crippen molar-refractivity contribution in [3.8, 4) is 0 Å². The summed E-state index contributed by atoms with van der Waals surface area (Å²) in [5.41, 5.74) is 0. The van der Waals surface area contributed by atoms with Crippen molar-refractivity contribution in [3.63, 3.8) is 0 Å². The molecular formula is C11H23NO3S. The molecule has 0 aromatic carbocycles. The van der Waals surface area contributed by atoms with Gasteiger partial charge in [-0.2, -0.15) is 0 Å². The third-order valence-corrected chi connectivity index (χ3v) is 4.35. The molecule has 5 heteroatoms. The Bertz CT molecular complexity index is 288. The van der Waals surface area contributed by atoms with Crippen molar-refractivity contribution < 1.29 is 13.2 Å². The summed E-state index contributed by atoms with van der Waals surface area (Å²) in [4.78, 5) is 0. The van der Waals surface area contributed by atoms with E-state index in [4.69, 9.17) is 4.74 Å². The zero-order valence-corrected chi connectivity index (χ0v) is 11.1. The highest BCUT2D eigenvalue weighted by Gasteiger charge is 2.26. The van der Waals surface area contributed by atoms with Crippen LogP contribution < -0.4 is 5.32 Å². The van der Waals surface area contributed by atoms with E-state index in [0.29, 0.717) is 17.4 Å². The summed E-state index contributed by atoms with van der Waals surface area (Å²) >= 11 is 0. The number of rotatable bonds is 7. The summed E-state index contributed by atoms with van der Waals surface area (Å²) in [5.74, 6) is 1.22. The van der Waals surface area contributed by atoms with Crippen LogP contribution in [0.1, 0.15) is 26.7 Å². The molecule has 0 aliphatic carbocycles. The topological polar surface area (TPSA) is 55.4 Å². The first-order valence-electron chi connectivity index (χ1n) is 6.01. The molecule has 96 valence electrons. The van der Waals surface area contributed by atoms with E-state index in [0.717, 1.165) is 32.6 Å². The number of ether oxygens (including phenoxy) is 1. The normalized spacial score (nSPS) is 24.1. The van der Waals surface area contributed by atoms with Crippen LogP contribution >= 0.6 is 0 Å². The third-order valence-electron chi connectivity index (χ3n) is 2.58. The number of hydrogen-bond acceptors (Lipinski definition) is 4. The van der Waals surface area contributed by atoms with Crippen molar-refractivity contribution in [1.82, 2.24) is 5.32 Å². The molecule has 1 fully saturated rings. The van der Waals surface area contributed by atoms with Crippen LogP contribution in [0.2, 0.25) is 0 Å². The second-order valence-corrected chi connectivity index (χ2v) is 7.11. The van der Waals surface area contributed by atoms with Crippen LogP contribution in [0.15, 0.2) is 0 Å². The van der Waals surface area contributed by atoms with Crippen LogP contribution in [0.25, 0.3) is 0 Å². The van der Waals surface area contributed by atoms with E-state index in [1.165, 1.54) is 0 Å². The Morgan fingerprint density at radius 2 is 2.19 bits per heavy atom. The van der Waals surface area contributed by atoms with E-state index >= 15 is 0 Å². The second kappa shape index (κ2) is 6.57. The van der Waals surface area contributed by atoms with Crippen LogP contribution in [0.3, 0.4) is 0 Å². The Kier molecular flexibility index (Phi) is 5.72. The van der Waals surface area contributed by atoms with Crippen LogP contribution in [0, 0.1) is 5.92 Å². The van der Waals surface area contributed by atoms with Gasteiger partial charge in [-0.1, -0.05) is 13.8 Å². The summed E-state index contributed by atoms with van der Waals surface area (Å²) in [6, 6.07) is 0.162. The zero-order valence-electron chi connectivity index (χ0n) is 10.2. The highest BCUT2D eigenvalue weighted by atomic mass is 32.2. The smallest absolute Gasteiger partial charge is 0.151 e. The first kappa shape index (κ1) is 13.9. The molecule has 1 aliphatic rings. The first-order chi connectivity index (χ1) is 7.49. The molecule has 4 nitrogen and oxygen atoms in total. The largest absolute Gasteiger partial charge is 0.381 e. The maximum absolute atomic E-state index is 11.2. The van der Waals surface area contributed by atoms with Crippen molar-refractivity contribution in [2.45, 2.75) is 32.7 Å². The lowest BCUT2D eigenvalue weighted by Gasteiger charge is -2.11. The van der Waals surface area contributed by atoms with Crippen LogP contribution in [-0.4, -0.2) is 45.7 Å². The quantitative estimate of drug-likeness (QED) is 0.679. The fourth-order valence-corrected chi connectivity index (χ4v) is 3.46. The third kappa shape index (κ3) is 5.82. The van der Waals surface area contributed by atoms with Crippen molar-refractivity contribution in [2.24, 2.45) is 5.92 Å². The van der Waals surface area contributed by atoms with Gasteiger partial charge in [0.25, 0.3) is 0 Å². The van der Waals surface area contributed by atoms with Crippen molar-refractivity contribution in [1.29, 1.82) is 0 Å². The average Bonchev–Trinajstić information content (AvgIpc) is 2.51. The Balaban J connectivity index is 1.96. The van der Waals surface area contributed by atoms with E-state index in [2.05, 4.69) is 19.2 Å². The summed E-state index contributed by atoms with van der Waals surface area (Å²) in [6.07, 6.45) is 1.71. The molecule has 0 spiro atoms. The van der Waals surface area contributed by atoms with Gasteiger partial charge in [-0.25, -0.2) is 8.42 Å². The standard InChI is InChI=1S/C11H23NO3S/c1-10(2)8-15-6-3-5-12-11-4-7-16(13,14)9-11/h10-12H,3-9H2,1-2H3. The van der Waals surface area contributed by atoms with Crippen LogP contribution in [-0.2, 0) is 14.6 Å². The molecule has 0 radical (unpaired) electrons. The predicted octanol–water partition coefficient (Wildman–Crippen LogP) is 0.826. The lowest BCUT2D eigenvalue weighted by Crippen LogP contribution is -2.31. The van der Waals surface area contributed by atoms with Gasteiger partial charge in [0.2, 0.25) is 0 Å². The molecule has 1 atom stereocenters. The Morgan fingerprint density at radius 3 is 2.75 bits per heavy atom. The van der Waals surface area contributed by atoms with Gasteiger partial charge in [0.05, 0.1) is 11.5 Å². The molecule has 0 aromatic heterocycles. The second-order valence-electron chi connectivity index (χ2n) is 4.88. The molecule has 0 amide bonds. The van der Waals surface area contributed by atoms with E-state index < -0.39 is 9.84 Å². The Labute approximate surface area is 98.7 Å². The molecule has 0 bridgehead atoms. The molecule has 0 aromatic rings. The molecule has 1 saturated heterocycles. The lowest BCUT2D eigenvalue weighted by atomic mass is 10.2. The summed E-state index contributed by atoms with van der Waals surface area (Å²) in [7, 11) is -2.75. The van der Waals surface area contributed by atoms with E-state index in [-0.39, 0.29) is 6.04 Å². The average molecular weight is 249 g/mol. The van der Waals surface area contributed by atoms with Gasteiger partial charge < -0.3 is 10.1 Å². The van der Waals surface area contributed by atoms with Gasteiger partial charge in [0, 0.05) is 19.3 Å². The van der Waals surface area contributed by atoms with E-state index in [1.54, 1.807) is 0 Å². The minimum atomic E-state index is -2.75. The van der Waals surface area contributed by atoms with Crippen LogP contribution in [0.4, 0.5) is 0 Å².